The van der Waals surface area contributed by atoms with Gasteiger partial charge in [0.2, 0.25) is 0 Å². The molecule has 0 unspecified atom stereocenters. The average molecular weight is 246 g/mol. The number of rotatable bonds is 3. The molecule has 0 aromatic heterocycles. The molecule has 0 saturated carbocycles. The molecule has 0 aliphatic heterocycles. The summed E-state index contributed by atoms with van der Waals surface area (Å²) in [7, 11) is 1.31. The number of aliphatic hydroxyl groups excluding tert-OH is 1. The van der Waals surface area contributed by atoms with Crippen molar-refractivity contribution in [1.29, 1.82) is 0 Å². The Hall–Kier alpha value is -1.10. The number of benzene rings is 1. The van der Waals surface area contributed by atoms with Gasteiger partial charge in [0.15, 0.2) is 0 Å². The molecule has 16 heavy (non-hydrogen) atoms. The van der Waals surface area contributed by atoms with Crippen molar-refractivity contribution in [3.05, 3.63) is 35.4 Å². The summed E-state index contributed by atoms with van der Waals surface area (Å²) in [4.78, 5) is 11.4. The van der Waals surface area contributed by atoms with Gasteiger partial charge in [-0.3, -0.25) is 0 Å². The largest absolute Gasteiger partial charge is 0.465 e. The number of halogens is 1. The minimum atomic E-state index is -0.712. The van der Waals surface area contributed by atoms with Gasteiger partial charge in [-0.15, -0.1) is 12.4 Å². The Morgan fingerprint density at radius 2 is 2.00 bits per heavy atom. The number of esters is 1. The van der Waals surface area contributed by atoms with Gasteiger partial charge >= 0.3 is 5.97 Å². The fourth-order valence-electron chi connectivity index (χ4n) is 1.34. The lowest BCUT2D eigenvalue weighted by atomic mass is 9.98. The number of carbonyl (C=O) groups is 1. The summed E-state index contributed by atoms with van der Waals surface area (Å²) in [5.74, 6) is -0.443. The van der Waals surface area contributed by atoms with Gasteiger partial charge in [0.1, 0.15) is 0 Å². The Morgan fingerprint density at radius 1 is 1.44 bits per heavy atom. The van der Waals surface area contributed by atoms with Crippen molar-refractivity contribution in [2.45, 2.75) is 19.1 Å². The first kappa shape index (κ1) is 14.9. The zero-order valence-electron chi connectivity index (χ0n) is 9.21. The summed E-state index contributed by atoms with van der Waals surface area (Å²) in [6.45, 7) is 1.58. The molecule has 0 spiro atoms. The van der Waals surface area contributed by atoms with Crippen LogP contribution < -0.4 is 5.73 Å². The molecular weight excluding hydrogens is 230 g/mol. The van der Waals surface area contributed by atoms with Crippen molar-refractivity contribution in [2.75, 3.05) is 7.11 Å². The van der Waals surface area contributed by atoms with Crippen LogP contribution in [0.2, 0.25) is 0 Å². The Morgan fingerprint density at radius 3 is 2.50 bits per heavy atom. The second-order valence-corrected chi connectivity index (χ2v) is 3.35. The molecule has 5 heteroatoms. The molecule has 0 aliphatic carbocycles. The monoisotopic (exact) mass is 245 g/mol. The molecule has 0 bridgehead atoms. The van der Waals surface area contributed by atoms with E-state index in [1.54, 1.807) is 31.2 Å². The van der Waals surface area contributed by atoms with Crippen LogP contribution in [0.25, 0.3) is 0 Å². The highest BCUT2D eigenvalue weighted by Crippen LogP contribution is 2.19. The van der Waals surface area contributed by atoms with Crippen molar-refractivity contribution < 1.29 is 14.6 Å². The first-order valence-electron chi connectivity index (χ1n) is 4.68. The van der Waals surface area contributed by atoms with Crippen LogP contribution in [0.3, 0.4) is 0 Å². The Balaban J connectivity index is 0.00000225. The molecule has 3 N–H and O–H groups in total. The number of nitrogens with two attached hydrogens (primary N) is 1. The van der Waals surface area contributed by atoms with Gasteiger partial charge in [-0.2, -0.15) is 0 Å². The number of methoxy groups -OCH3 is 1. The summed E-state index contributed by atoms with van der Waals surface area (Å²) in [5, 5.41) is 9.38. The number of hydrogen-bond donors (Lipinski definition) is 2. The van der Waals surface area contributed by atoms with Crippen LogP contribution in [-0.4, -0.2) is 24.3 Å². The number of aliphatic hydroxyl groups is 1. The molecule has 0 fully saturated rings. The highest BCUT2D eigenvalue weighted by Gasteiger charge is 2.19. The van der Waals surface area contributed by atoms with Gasteiger partial charge in [0, 0.05) is 0 Å². The summed E-state index contributed by atoms with van der Waals surface area (Å²) >= 11 is 0. The van der Waals surface area contributed by atoms with Crippen molar-refractivity contribution >= 4 is 18.4 Å². The SMILES string of the molecule is COC(=O)c1ccccc1[C@@H](N)[C@H](C)O.Cl. The van der Waals surface area contributed by atoms with Gasteiger partial charge in [-0.25, -0.2) is 4.79 Å². The molecule has 2 atom stereocenters. The minimum Gasteiger partial charge on any atom is -0.465 e. The first-order valence-corrected chi connectivity index (χ1v) is 4.68. The van der Waals surface area contributed by atoms with Crippen molar-refractivity contribution in [1.82, 2.24) is 0 Å². The predicted molar refractivity (Wildman–Crippen MR) is 63.6 cm³/mol. The Labute approximate surface area is 101 Å². The van der Waals surface area contributed by atoms with Gasteiger partial charge in [0.05, 0.1) is 24.8 Å². The topological polar surface area (TPSA) is 72.5 Å². The second-order valence-electron chi connectivity index (χ2n) is 3.35. The number of hydrogen-bond acceptors (Lipinski definition) is 4. The van der Waals surface area contributed by atoms with Crippen molar-refractivity contribution in [2.24, 2.45) is 5.73 Å². The smallest absolute Gasteiger partial charge is 0.338 e. The summed E-state index contributed by atoms with van der Waals surface area (Å²) in [5.41, 5.74) is 6.77. The average Bonchev–Trinajstić information content (AvgIpc) is 2.27. The molecule has 0 amide bonds. The van der Waals surface area contributed by atoms with Crippen LogP contribution in [0.1, 0.15) is 28.9 Å². The van der Waals surface area contributed by atoms with E-state index < -0.39 is 18.1 Å². The number of ether oxygens (including phenoxy) is 1. The van der Waals surface area contributed by atoms with Crippen LogP contribution in [0.4, 0.5) is 0 Å². The lowest BCUT2D eigenvalue weighted by Gasteiger charge is -2.17. The molecule has 90 valence electrons. The molecule has 1 aromatic carbocycles. The van der Waals surface area contributed by atoms with E-state index in [9.17, 15) is 9.90 Å². The maximum atomic E-state index is 11.4. The van der Waals surface area contributed by atoms with Crippen LogP contribution in [-0.2, 0) is 4.74 Å². The standard InChI is InChI=1S/C11H15NO3.ClH/c1-7(13)10(12)8-5-3-4-6-9(8)11(14)15-2;/h3-7,10,13H,12H2,1-2H3;1H/t7-,10-;/m0./s1. The zero-order valence-corrected chi connectivity index (χ0v) is 10.0. The van der Waals surface area contributed by atoms with Crippen LogP contribution in [0.5, 0.6) is 0 Å². The molecule has 0 aliphatic rings. The summed E-state index contributed by atoms with van der Waals surface area (Å²) < 4.78 is 4.63. The second kappa shape index (κ2) is 6.48. The molecule has 0 heterocycles. The zero-order chi connectivity index (χ0) is 11.4. The highest BCUT2D eigenvalue weighted by atomic mass is 35.5. The lowest BCUT2D eigenvalue weighted by Crippen LogP contribution is -2.25. The van der Waals surface area contributed by atoms with E-state index in [1.807, 2.05) is 0 Å². The van der Waals surface area contributed by atoms with Crippen LogP contribution in [0.15, 0.2) is 24.3 Å². The van der Waals surface area contributed by atoms with E-state index in [4.69, 9.17) is 5.73 Å². The fourth-order valence-corrected chi connectivity index (χ4v) is 1.34. The molecule has 4 nitrogen and oxygen atoms in total. The van der Waals surface area contributed by atoms with E-state index in [1.165, 1.54) is 7.11 Å². The maximum Gasteiger partial charge on any atom is 0.338 e. The predicted octanol–water partition coefficient (Wildman–Crippen LogP) is 1.28. The number of carbonyl (C=O) groups excluding carboxylic acids is 1. The molecule has 1 aromatic rings. The fraction of sp³-hybridized carbons (Fsp3) is 0.364. The van der Waals surface area contributed by atoms with E-state index in [2.05, 4.69) is 4.74 Å². The van der Waals surface area contributed by atoms with Gasteiger partial charge in [-0.1, -0.05) is 18.2 Å². The quantitative estimate of drug-likeness (QED) is 0.787. The van der Waals surface area contributed by atoms with E-state index in [0.29, 0.717) is 11.1 Å². The molecular formula is C11H16ClNO3. The lowest BCUT2D eigenvalue weighted by molar-refractivity contribution is 0.0597. The minimum absolute atomic E-state index is 0. The van der Waals surface area contributed by atoms with E-state index in [0.717, 1.165) is 0 Å². The third-order valence-electron chi connectivity index (χ3n) is 2.24. The van der Waals surface area contributed by atoms with E-state index >= 15 is 0 Å². The Kier molecular flexibility index (Phi) is 6.03. The van der Waals surface area contributed by atoms with Gasteiger partial charge in [-0.05, 0) is 18.6 Å². The van der Waals surface area contributed by atoms with E-state index in [-0.39, 0.29) is 12.4 Å². The van der Waals surface area contributed by atoms with Crippen molar-refractivity contribution in [3.8, 4) is 0 Å². The van der Waals surface area contributed by atoms with Gasteiger partial charge in [0.25, 0.3) is 0 Å². The highest BCUT2D eigenvalue weighted by molar-refractivity contribution is 5.91. The van der Waals surface area contributed by atoms with Gasteiger partial charge < -0.3 is 15.6 Å². The molecule has 1 rings (SSSR count). The van der Waals surface area contributed by atoms with Crippen LogP contribution in [0, 0.1) is 0 Å². The third kappa shape index (κ3) is 3.20. The third-order valence-corrected chi connectivity index (χ3v) is 2.24. The normalized spacial score (nSPS) is 13.5. The molecule has 0 saturated heterocycles. The summed E-state index contributed by atoms with van der Waals surface area (Å²) in [6, 6.07) is 6.25. The first-order chi connectivity index (χ1) is 7.07. The van der Waals surface area contributed by atoms with Crippen LogP contribution >= 0.6 is 12.4 Å². The maximum absolute atomic E-state index is 11.4. The van der Waals surface area contributed by atoms with Crippen molar-refractivity contribution in [3.63, 3.8) is 0 Å². The Bertz CT molecular complexity index is 355. The molecule has 0 radical (unpaired) electrons. The summed E-state index contributed by atoms with van der Waals surface area (Å²) in [6.07, 6.45) is -0.712.